The molecule has 0 saturated heterocycles. The first kappa shape index (κ1) is 15.6. The minimum atomic E-state index is -0.392. The largest absolute Gasteiger partial charge is 0.467 e. The first-order chi connectivity index (χ1) is 10.6. The molecule has 1 atom stereocenters. The molecule has 2 N–H and O–H groups in total. The van der Waals surface area contributed by atoms with Crippen LogP contribution in [0.4, 0.5) is 5.69 Å². The molecular formula is C16H18N2O4. The van der Waals surface area contributed by atoms with Crippen molar-refractivity contribution in [2.75, 3.05) is 19.0 Å². The second kappa shape index (κ2) is 7.31. The highest BCUT2D eigenvalue weighted by Gasteiger charge is 2.11. The van der Waals surface area contributed by atoms with Crippen LogP contribution in [0, 0.1) is 0 Å². The summed E-state index contributed by atoms with van der Waals surface area (Å²) in [5.41, 5.74) is 1.21. The Morgan fingerprint density at radius 2 is 1.95 bits per heavy atom. The number of hydrogen-bond donors (Lipinski definition) is 2. The van der Waals surface area contributed by atoms with Gasteiger partial charge in [-0.3, -0.25) is 4.79 Å². The van der Waals surface area contributed by atoms with Crippen LogP contribution in [-0.2, 0) is 9.53 Å². The normalized spacial score (nSPS) is 11.5. The zero-order valence-electron chi connectivity index (χ0n) is 12.5. The molecule has 0 aliphatic carbocycles. The fraction of sp³-hybridized carbons (Fsp3) is 0.250. The minimum Gasteiger partial charge on any atom is -0.467 e. The van der Waals surface area contributed by atoms with Gasteiger partial charge in [-0.15, -0.1) is 0 Å². The van der Waals surface area contributed by atoms with Gasteiger partial charge in [-0.25, -0.2) is 4.79 Å². The van der Waals surface area contributed by atoms with Crippen LogP contribution < -0.4 is 10.6 Å². The van der Waals surface area contributed by atoms with Crippen molar-refractivity contribution in [1.29, 1.82) is 0 Å². The van der Waals surface area contributed by atoms with Gasteiger partial charge in [-0.05, 0) is 43.3 Å². The quantitative estimate of drug-likeness (QED) is 0.801. The predicted molar refractivity (Wildman–Crippen MR) is 81.5 cm³/mol. The Hall–Kier alpha value is -2.76. The van der Waals surface area contributed by atoms with Crippen molar-refractivity contribution >= 4 is 17.6 Å². The molecular weight excluding hydrogens is 284 g/mol. The number of anilines is 1. The van der Waals surface area contributed by atoms with Gasteiger partial charge in [0.25, 0.3) is 0 Å². The number of amides is 1. The van der Waals surface area contributed by atoms with E-state index in [4.69, 9.17) is 4.42 Å². The van der Waals surface area contributed by atoms with Gasteiger partial charge in [0.1, 0.15) is 5.76 Å². The number of carbonyl (C=O) groups is 2. The van der Waals surface area contributed by atoms with Crippen LogP contribution in [0.2, 0.25) is 0 Å². The van der Waals surface area contributed by atoms with Gasteiger partial charge in [0.15, 0.2) is 0 Å². The van der Waals surface area contributed by atoms with E-state index in [9.17, 15) is 9.59 Å². The monoisotopic (exact) mass is 302 g/mol. The third-order valence-corrected chi connectivity index (χ3v) is 3.11. The molecule has 0 saturated carbocycles. The van der Waals surface area contributed by atoms with Crippen LogP contribution in [0.3, 0.4) is 0 Å². The van der Waals surface area contributed by atoms with Crippen molar-refractivity contribution < 1.29 is 18.7 Å². The number of nitrogens with one attached hydrogen (secondary N) is 2. The number of benzene rings is 1. The Labute approximate surface area is 128 Å². The third kappa shape index (κ3) is 4.12. The number of methoxy groups -OCH3 is 1. The summed E-state index contributed by atoms with van der Waals surface area (Å²) in [6.45, 7) is 1.98. The Morgan fingerprint density at radius 3 is 2.55 bits per heavy atom. The number of esters is 1. The maximum atomic E-state index is 11.9. The number of ether oxygens (including phenoxy) is 1. The van der Waals surface area contributed by atoms with Gasteiger partial charge in [0.2, 0.25) is 5.91 Å². The topological polar surface area (TPSA) is 80.6 Å². The smallest absolute Gasteiger partial charge is 0.337 e. The van der Waals surface area contributed by atoms with E-state index in [1.54, 1.807) is 36.6 Å². The highest BCUT2D eigenvalue weighted by atomic mass is 16.5. The number of hydrogen-bond acceptors (Lipinski definition) is 5. The zero-order valence-corrected chi connectivity index (χ0v) is 12.5. The first-order valence-electron chi connectivity index (χ1n) is 6.85. The molecule has 0 bridgehead atoms. The molecule has 0 aliphatic rings. The number of rotatable bonds is 6. The molecule has 0 aliphatic heterocycles. The summed E-state index contributed by atoms with van der Waals surface area (Å²) < 4.78 is 9.85. The van der Waals surface area contributed by atoms with Gasteiger partial charge in [0.05, 0.1) is 31.5 Å². The lowest BCUT2D eigenvalue weighted by Crippen LogP contribution is -2.31. The maximum absolute atomic E-state index is 11.9. The fourth-order valence-electron chi connectivity index (χ4n) is 1.93. The minimum absolute atomic E-state index is 0.128. The molecule has 0 fully saturated rings. The van der Waals surface area contributed by atoms with E-state index in [0.29, 0.717) is 11.3 Å². The maximum Gasteiger partial charge on any atom is 0.337 e. The van der Waals surface area contributed by atoms with Crippen molar-refractivity contribution in [3.63, 3.8) is 0 Å². The summed E-state index contributed by atoms with van der Waals surface area (Å²) in [7, 11) is 1.33. The van der Waals surface area contributed by atoms with Crippen molar-refractivity contribution in [2.24, 2.45) is 0 Å². The zero-order chi connectivity index (χ0) is 15.9. The third-order valence-electron chi connectivity index (χ3n) is 3.11. The molecule has 2 rings (SSSR count). The lowest BCUT2D eigenvalue weighted by molar-refractivity contribution is -0.120. The number of furan rings is 1. The summed E-state index contributed by atoms with van der Waals surface area (Å²) in [5, 5.41) is 5.81. The van der Waals surface area contributed by atoms with E-state index in [1.807, 2.05) is 13.0 Å². The van der Waals surface area contributed by atoms with Gasteiger partial charge >= 0.3 is 5.97 Å². The SMILES string of the molecule is COC(=O)c1ccc(NCC(=O)NC(C)c2ccco2)cc1. The van der Waals surface area contributed by atoms with Crippen LogP contribution >= 0.6 is 0 Å². The van der Waals surface area contributed by atoms with Gasteiger partial charge < -0.3 is 19.8 Å². The van der Waals surface area contributed by atoms with Crippen LogP contribution in [0.1, 0.15) is 29.1 Å². The summed E-state index contributed by atoms with van der Waals surface area (Å²) >= 11 is 0. The van der Waals surface area contributed by atoms with E-state index >= 15 is 0 Å². The van der Waals surface area contributed by atoms with Crippen LogP contribution in [-0.4, -0.2) is 25.5 Å². The summed E-state index contributed by atoms with van der Waals surface area (Å²) in [4.78, 5) is 23.2. The molecule has 1 amide bonds. The van der Waals surface area contributed by atoms with Gasteiger partial charge in [0, 0.05) is 5.69 Å². The van der Waals surface area contributed by atoms with E-state index in [2.05, 4.69) is 15.4 Å². The van der Waals surface area contributed by atoms with Crippen molar-refractivity contribution in [2.45, 2.75) is 13.0 Å². The lowest BCUT2D eigenvalue weighted by Gasteiger charge is -2.12. The van der Waals surface area contributed by atoms with Crippen LogP contribution in [0.25, 0.3) is 0 Å². The van der Waals surface area contributed by atoms with Crippen molar-refractivity contribution in [3.8, 4) is 0 Å². The highest BCUT2D eigenvalue weighted by molar-refractivity contribution is 5.89. The molecule has 2 aromatic rings. The molecule has 1 unspecified atom stereocenters. The Bertz CT molecular complexity index is 620. The molecule has 1 aromatic heterocycles. The second-order valence-electron chi connectivity index (χ2n) is 4.73. The fourth-order valence-corrected chi connectivity index (χ4v) is 1.93. The van der Waals surface area contributed by atoms with Gasteiger partial charge in [-0.1, -0.05) is 0 Å². The average molecular weight is 302 g/mol. The van der Waals surface area contributed by atoms with Crippen molar-refractivity contribution in [3.05, 3.63) is 54.0 Å². The Balaban J connectivity index is 1.82. The Kier molecular flexibility index (Phi) is 5.19. The molecule has 6 nitrogen and oxygen atoms in total. The molecule has 22 heavy (non-hydrogen) atoms. The van der Waals surface area contributed by atoms with Gasteiger partial charge in [-0.2, -0.15) is 0 Å². The van der Waals surface area contributed by atoms with Crippen LogP contribution in [0.5, 0.6) is 0 Å². The highest BCUT2D eigenvalue weighted by Crippen LogP contribution is 2.12. The van der Waals surface area contributed by atoms with Crippen LogP contribution in [0.15, 0.2) is 47.1 Å². The van der Waals surface area contributed by atoms with Crippen molar-refractivity contribution in [1.82, 2.24) is 5.32 Å². The van der Waals surface area contributed by atoms with E-state index in [-0.39, 0.29) is 18.5 Å². The predicted octanol–water partition coefficient (Wildman–Crippen LogP) is 2.36. The first-order valence-corrected chi connectivity index (χ1v) is 6.85. The summed E-state index contributed by atoms with van der Waals surface area (Å²) in [6.07, 6.45) is 1.57. The van der Waals surface area contributed by atoms with E-state index < -0.39 is 5.97 Å². The molecule has 1 heterocycles. The average Bonchev–Trinajstić information content (AvgIpc) is 3.07. The second-order valence-corrected chi connectivity index (χ2v) is 4.73. The number of carbonyl (C=O) groups excluding carboxylic acids is 2. The summed E-state index contributed by atoms with van der Waals surface area (Å²) in [5.74, 6) is 0.160. The standard InChI is InChI=1S/C16H18N2O4/c1-11(14-4-3-9-22-14)18-15(19)10-17-13-7-5-12(6-8-13)16(20)21-2/h3-9,11,17H,10H2,1-2H3,(H,18,19). The molecule has 0 spiro atoms. The Morgan fingerprint density at radius 1 is 1.23 bits per heavy atom. The molecule has 116 valence electrons. The lowest BCUT2D eigenvalue weighted by atomic mass is 10.2. The molecule has 1 aromatic carbocycles. The van der Waals surface area contributed by atoms with E-state index in [0.717, 1.165) is 5.69 Å². The molecule has 6 heteroatoms. The molecule has 0 radical (unpaired) electrons. The summed E-state index contributed by atoms with van der Waals surface area (Å²) in [6, 6.07) is 10.1. The van der Waals surface area contributed by atoms with E-state index in [1.165, 1.54) is 7.11 Å².